The second kappa shape index (κ2) is 7.24. The summed E-state index contributed by atoms with van der Waals surface area (Å²) in [7, 11) is 0. The number of rotatable bonds is 5. The van der Waals surface area contributed by atoms with Crippen molar-refractivity contribution in [2.24, 2.45) is 0 Å². The summed E-state index contributed by atoms with van der Waals surface area (Å²) in [5, 5.41) is 3.80. The topological polar surface area (TPSA) is 58.6 Å². The standard InChI is InChI=1S/C21H21ClN2O3/c22-17-6-4-16(5-7-17)21(10-1-11-21)14-23-19(25)15-2-8-18(9-3-15)24-12-13-27-20(24)26/h2-9H,1,10-14H2,(H,23,25). The van der Waals surface area contributed by atoms with Crippen molar-refractivity contribution in [1.82, 2.24) is 5.32 Å². The molecule has 2 aromatic rings. The highest BCUT2D eigenvalue weighted by Crippen LogP contribution is 2.43. The molecule has 0 atom stereocenters. The molecule has 0 unspecified atom stereocenters. The highest BCUT2D eigenvalue weighted by molar-refractivity contribution is 6.30. The maximum absolute atomic E-state index is 12.6. The minimum atomic E-state index is -0.345. The summed E-state index contributed by atoms with van der Waals surface area (Å²) in [6.45, 7) is 1.54. The number of carbonyl (C=O) groups excluding carboxylic acids is 2. The maximum Gasteiger partial charge on any atom is 0.414 e. The normalized spacial score (nSPS) is 18.0. The lowest BCUT2D eigenvalue weighted by molar-refractivity contribution is 0.0928. The Kier molecular flexibility index (Phi) is 4.79. The number of cyclic esters (lactones) is 1. The molecular weight excluding hydrogens is 364 g/mol. The van der Waals surface area contributed by atoms with Crippen molar-refractivity contribution in [3.05, 3.63) is 64.7 Å². The number of nitrogens with zero attached hydrogens (tertiary/aromatic N) is 1. The summed E-state index contributed by atoms with van der Waals surface area (Å²) in [5.74, 6) is -0.106. The monoisotopic (exact) mass is 384 g/mol. The Morgan fingerprint density at radius 1 is 1.11 bits per heavy atom. The molecule has 1 heterocycles. The molecule has 27 heavy (non-hydrogen) atoms. The number of anilines is 1. The Morgan fingerprint density at radius 2 is 1.81 bits per heavy atom. The van der Waals surface area contributed by atoms with Gasteiger partial charge in [0.05, 0.1) is 6.54 Å². The van der Waals surface area contributed by atoms with Gasteiger partial charge in [-0.1, -0.05) is 30.2 Å². The SMILES string of the molecule is O=C(NCC1(c2ccc(Cl)cc2)CCC1)c1ccc(N2CCOC2=O)cc1. The van der Waals surface area contributed by atoms with Gasteiger partial charge in [-0.25, -0.2) is 4.79 Å². The average Bonchev–Trinajstić information content (AvgIpc) is 3.08. The Balaban J connectivity index is 1.41. The molecule has 1 saturated carbocycles. The van der Waals surface area contributed by atoms with Gasteiger partial charge in [0, 0.05) is 28.2 Å². The number of ether oxygens (including phenoxy) is 1. The second-order valence-electron chi connectivity index (χ2n) is 7.14. The van der Waals surface area contributed by atoms with E-state index in [2.05, 4.69) is 17.4 Å². The van der Waals surface area contributed by atoms with Crippen LogP contribution in [0.15, 0.2) is 48.5 Å². The molecule has 2 aliphatic rings. The van der Waals surface area contributed by atoms with E-state index in [0.29, 0.717) is 25.3 Å². The molecular formula is C21H21ClN2O3. The summed E-state index contributed by atoms with van der Waals surface area (Å²) >= 11 is 6.00. The first-order valence-electron chi connectivity index (χ1n) is 9.16. The average molecular weight is 385 g/mol. The van der Waals surface area contributed by atoms with E-state index in [9.17, 15) is 9.59 Å². The smallest absolute Gasteiger partial charge is 0.414 e. The van der Waals surface area contributed by atoms with E-state index >= 15 is 0 Å². The minimum absolute atomic E-state index is 0.000497. The van der Waals surface area contributed by atoms with E-state index in [1.165, 1.54) is 12.0 Å². The van der Waals surface area contributed by atoms with Crippen LogP contribution in [0.2, 0.25) is 5.02 Å². The van der Waals surface area contributed by atoms with Crippen LogP contribution in [-0.2, 0) is 10.2 Å². The maximum atomic E-state index is 12.6. The summed E-state index contributed by atoms with van der Waals surface area (Å²) in [6, 6.07) is 15.0. The summed E-state index contributed by atoms with van der Waals surface area (Å²) < 4.78 is 4.94. The van der Waals surface area contributed by atoms with Crippen LogP contribution in [0.3, 0.4) is 0 Å². The van der Waals surface area contributed by atoms with Gasteiger partial charge in [-0.15, -0.1) is 0 Å². The Hall–Kier alpha value is -2.53. The van der Waals surface area contributed by atoms with Crippen molar-refractivity contribution in [3.63, 3.8) is 0 Å². The number of carbonyl (C=O) groups is 2. The van der Waals surface area contributed by atoms with Crippen molar-refractivity contribution in [2.45, 2.75) is 24.7 Å². The lowest BCUT2D eigenvalue weighted by atomic mass is 9.64. The summed E-state index contributed by atoms with van der Waals surface area (Å²) in [5.41, 5.74) is 2.54. The Labute approximate surface area is 163 Å². The zero-order valence-electron chi connectivity index (χ0n) is 14.9. The van der Waals surface area contributed by atoms with Crippen molar-refractivity contribution < 1.29 is 14.3 Å². The molecule has 0 aromatic heterocycles. The lowest BCUT2D eigenvalue weighted by Gasteiger charge is -2.42. The van der Waals surface area contributed by atoms with Gasteiger partial charge in [0.2, 0.25) is 0 Å². The number of hydrogen-bond donors (Lipinski definition) is 1. The van der Waals surface area contributed by atoms with Gasteiger partial charge in [0.15, 0.2) is 0 Å². The zero-order valence-corrected chi connectivity index (χ0v) is 15.7. The molecule has 1 aliphatic carbocycles. The van der Waals surface area contributed by atoms with E-state index in [4.69, 9.17) is 16.3 Å². The quantitative estimate of drug-likeness (QED) is 0.842. The van der Waals surface area contributed by atoms with Crippen molar-refractivity contribution in [1.29, 1.82) is 0 Å². The first-order valence-corrected chi connectivity index (χ1v) is 9.54. The molecule has 4 rings (SSSR count). The van der Waals surface area contributed by atoms with Crippen LogP contribution in [0.1, 0.15) is 35.2 Å². The number of hydrogen-bond acceptors (Lipinski definition) is 3. The van der Waals surface area contributed by atoms with Gasteiger partial charge in [0.25, 0.3) is 5.91 Å². The van der Waals surface area contributed by atoms with E-state index in [-0.39, 0.29) is 17.4 Å². The van der Waals surface area contributed by atoms with Crippen LogP contribution in [-0.4, -0.2) is 31.7 Å². The molecule has 0 spiro atoms. The van der Waals surface area contributed by atoms with E-state index in [1.807, 2.05) is 12.1 Å². The number of halogens is 1. The molecule has 2 aromatic carbocycles. The first kappa shape index (κ1) is 17.9. The summed E-state index contributed by atoms with van der Waals surface area (Å²) in [6.07, 6.45) is 2.94. The first-order chi connectivity index (χ1) is 13.1. The highest BCUT2D eigenvalue weighted by atomic mass is 35.5. The zero-order chi connectivity index (χ0) is 18.9. The fourth-order valence-corrected chi connectivity index (χ4v) is 3.87. The van der Waals surface area contributed by atoms with E-state index in [1.54, 1.807) is 29.2 Å². The predicted octanol–water partition coefficient (Wildman–Crippen LogP) is 4.15. The second-order valence-corrected chi connectivity index (χ2v) is 7.57. The fourth-order valence-electron chi connectivity index (χ4n) is 3.75. The van der Waals surface area contributed by atoms with Crippen LogP contribution in [0.25, 0.3) is 0 Å². The lowest BCUT2D eigenvalue weighted by Crippen LogP contribution is -2.45. The molecule has 5 nitrogen and oxygen atoms in total. The molecule has 2 amide bonds. The number of nitrogens with one attached hydrogen (secondary N) is 1. The van der Waals surface area contributed by atoms with E-state index < -0.39 is 0 Å². The van der Waals surface area contributed by atoms with Gasteiger partial charge in [-0.2, -0.15) is 0 Å². The molecule has 1 aliphatic heterocycles. The fraction of sp³-hybridized carbons (Fsp3) is 0.333. The molecule has 0 bridgehead atoms. The largest absolute Gasteiger partial charge is 0.447 e. The van der Waals surface area contributed by atoms with Crippen molar-refractivity contribution >= 4 is 29.3 Å². The Morgan fingerprint density at radius 3 is 2.37 bits per heavy atom. The van der Waals surface area contributed by atoms with Crippen molar-refractivity contribution in [2.75, 3.05) is 24.6 Å². The predicted molar refractivity (Wildman–Crippen MR) is 104 cm³/mol. The third kappa shape index (κ3) is 3.52. The van der Waals surface area contributed by atoms with Crippen LogP contribution in [0, 0.1) is 0 Å². The van der Waals surface area contributed by atoms with Gasteiger partial charge >= 0.3 is 6.09 Å². The Bertz CT molecular complexity index is 845. The third-order valence-electron chi connectivity index (χ3n) is 5.56. The molecule has 0 radical (unpaired) electrons. The van der Waals surface area contributed by atoms with Crippen LogP contribution >= 0.6 is 11.6 Å². The van der Waals surface area contributed by atoms with Crippen LogP contribution in [0.4, 0.5) is 10.5 Å². The van der Waals surface area contributed by atoms with Gasteiger partial charge < -0.3 is 10.1 Å². The van der Waals surface area contributed by atoms with Gasteiger partial charge in [0.1, 0.15) is 6.61 Å². The van der Waals surface area contributed by atoms with Crippen molar-refractivity contribution in [3.8, 4) is 0 Å². The minimum Gasteiger partial charge on any atom is -0.447 e. The number of amides is 2. The molecule has 6 heteroatoms. The summed E-state index contributed by atoms with van der Waals surface area (Å²) in [4.78, 5) is 25.8. The molecule has 140 valence electrons. The van der Waals surface area contributed by atoms with Gasteiger partial charge in [-0.3, -0.25) is 9.69 Å². The molecule has 2 fully saturated rings. The third-order valence-corrected chi connectivity index (χ3v) is 5.81. The van der Waals surface area contributed by atoms with Crippen LogP contribution in [0.5, 0.6) is 0 Å². The number of benzene rings is 2. The van der Waals surface area contributed by atoms with E-state index in [0.717, 1.165) is 23.6 Å². The van der Waals surface area contributed by atoms with Gasteiger partial charge in [-0.05, 0) is 54.8 Å². The molecule has 1 N–H and O–H groups in total. The highest BCUT2D eigenvalue weighted by Gasteiger charge is 2.38. The van der Waals surface area contributed by atoms with Crippen LogP contribution < -0.4 is 10.2 Å². The molecule has 1 saturated heterocycles.